The van der Waals surface area contributed by atoms with Crippen molar-refractivity contribution in [2.24, 2.45) is 11.5 Å². The number of anilines is 2. The molecule has 0 aromatic carbocycles. The van der Waals surface area contributed by atoms with Crippen molar-refractivity contribution in [3.63, 3.8) is 0 Å². The van der Waals surface area contributed by atoms with Gasteiger partial charge in [0.2, 0.25) is 0 Å². The van der Waals surface area contributed by atoms with E-state index in [0.29, 0.717) is 30.0 Å². The molecule has 1 aliphatic heterocycles. The van der Waals surface area contributed by atoms with Gasteiger partial charge in [-0.3, -0.25) is 0 Å². The lowest BCUT2D eigenvalue weighted by atomic mass is 10.0. The first kappa shape index (κ1) is 15.6. The second-order valence-electron chi connectivity index (χ2n) is 5.05. The van der Waals surface area contributed by atoms with Crippen LogP contribution in [0.3, 0.4) is 0 Å². The summed E-state index contributed by atoms with van der Waals surface area (Å²) in [6, 6.07) is 0. The van der Waals surface area contributed by atoms with Gasteiger partial charge in [0.25, 0.3) is 0 Å². The van der Waals surface area contributed by atoms with Crippen LogP contribution >= 0.6 is 0 Å². The molecule has 8 heteroatoms. The summed E-state index contributed by atoms with van der Waals surface area (Å²) in [6.07, 6.45) is 4.01. The van der Waals surface area contributed by atoms with Crippen molar-refractivity contribution in [3.8, 4) is 0 Å². The van der Waals surface area contributed by atoms with E-state index in [9.17, 15) is 0 Å². The summed E-state index contributed by atoms with van der Waals surface area (Å²) in [4.78, 5) is 6.86. The molecule has 21 heavy (non-hydrogen) atoms. The Hall–Kier alpha value is -1.80. The lowest BCUT2D eigenvalue weighted by Gasteiger charge is -2.20. The maximum absolute atomic E-state index is 6.08. The highest BCUT2D eigenvalue weighted by molar-refractivity contribution is 6.36. The number of rotatable bonds is 2. The van der Waals surface area contributed by atoms with E-state index in [1.54, 1.807) is 10.7 Å². The number of nitrogens with two attached hydrogens (primary N) is 3. The maximum atomic E-state index is 6.08. The Morgan fingerprint density at radius 1 is 1.24 bits per heavy atom. The molecule has 0 saturated carbocycles. The second-order valence-corrected chi connectivity index (χ2v) is 5.05. The smallest absolute Gasteiger partial charge is 0.152 e. The predicted octanol–water partition coefficient (Wildman–Crippen LogP) is -1.08. The molecule has 0 atom stereocenters. The third-order valence-electron chi connectivity index (χ3n) is 3.50. The fourth-order valence-electron chi connectivity index (χ4n) is 2.34. The highest BCUT2D eigenvalue weighted by atomic mass is 15.3. The molecule has 2 radical (unpaired) electrons. The summed E-state index contributed by atoms with van der Waals surface area (Å²) < 4.78 is 1.60. The van der Waals surface area contributed by atoms with E-state index in [-0.39, 0.29) is 0 Å². The SMILES string of the molecule is NCCN.[B]c1cnn2c(N)c(C)c(N3CCCC3)nc12. The standard InChI is InChI=1S/C11H14BN5.C2H8N2/c1-7-9(13)17-11(8(12)6-14-17)15-10(7)16-4-2-3-5-16;3-1-2-4/h6H,2-5,13H2,1H3;1-4H2. The molecule has 2 aromatic rings. The number of nitrogens with zero attached hydrogens (tertiary/aromatic N) is 4. The summed E-state index contributed by atoms with van der Waals surface area (Å²) >= 11 is 0. The number of nitrogen functional groups attached to an aromatic ring is 1. The zero-order chi connectivity index (χ0) is 15.4. The summed E-state index contributed by atoms with van der Waals surface area (Å²) in [5.41, 5.74) is 18.1. The largest absolute Gasteiger partial charge is 0.383 e. The topological polar surface area (TPSA) is 111 Å². The molecule has 2 aromatic heterocycles. The fourth-order valence-corrected chi connectivity index (χ4v) is 2.34. The van der Waals surface area contributed by atoms with Crippen LogP contribution in [0.25, 0.3) is 5.65 Å². The van der Waals surface area contributed by atoms with Gasteiger partial charge in [-0.15, -0.1) is 0 Å². The first-order chi connectivity index (χ1) is 10.1. The van der Waals surface area contributed by atoms with Gasteiger partial charge in [-0.1, -0.05) is 0 Å². The van der Waals surface area contributed by atoms with Crippen LogP contribution in [0.4, 0.5) is 11.6 Å². The Kier molecular flexibility index (Phi) is 5.03. The molecule has 3 rings (SSSR count). The zero-order valence-corrected chi connectivity index (χ0v) is 12.4. The molecule has 1 aliphatic rings. The van der Waals surface area contributed by atoms with E-state index >= 15 is 0 Å². The summed E-state index contributed by atoms with van der Waals surface area (Å²) in [6.45, 7) is 5.25. The Bertz CT molecular complexity index is 602. The van der Waals surface area contributed by atoms with Crippen LogP contribution in [0.1, 0.15) is 18.4 Å². The Morgan fingerprint density at radius 3 is 2.43 bits per heavy atom. The van der Waals surface area contributed by atoms with Gasteiger partial charge in [-0.05, 0) is 25.2 Å². The molecule has 3 heterocycles. The van der Waals surface area contributed by atoms with Crippen molar-refractivity contribution < 1.29 is 0 Å². The Morgan fingerprint density at radius 2 is 1.86 bits per heavy atom. The van der Waals surface area contributed by atoms with Gasteiger partial charge in [0, 0.05) is 37.9 Å². The van der Waals surface area contributed by atoms with Crippen LogP contribution in [0.2, 0.25) is 0 Å². The quantitative estimate of drug-likeness (QED) is 0.606. The maximum Gasteiger partial charge on any atom is 0.152 e. The van der Waals surface area contributed by atoms with E-state index in [0.717, 1.165) is 24.5 Å². The molecule has 0 spiro atoms. The van der Waals surface area contributed by atoms with E-state index < -0.39 is 0 Å². The number of aromatic nitrogens is 3. The molecule has 0 bridgehead atoms. The van der Waals surface area contributed by atoms with Gasteiger partial charge in [-0.25, -0.2) is 4.98 Å². The molecule has 6 N–H and O–H groups in total. The van der Waals surface area contributed by atoms with E-state index in [1.807, 2.05) is 6.92 Å². The van der Waals surface area contributed by atoms with Gasteiger partial charge in [0.05, 0.1) is 0 Å². The average Bonchev–Trinajstić information content (AvgIpc) is 3.13. The lowest BCUT2D eigenvalue weighted by molar-refractivity contribution is 0.893. The molecule has 1 saturated heterocycles. The number of hydrogen-bond acceptors (Lipinski definition) is 6. The molecule has 0 amide bonds. The molecule has 0 aliphatic carbocycles. The minimum absolute atomic E-state index is 0.567. The highest BCUT2D eigenvalue weighted by Crippen LogP contribution is 2.26. The average molecular weight is 287 g/mol. The molecule has 112 valence electrons. The van der Waals surface area contributed by atoms with Crippen LogP contribution in [-0.2, 0) is 0 Å². The Balaban J connectivity index is 0.000000361. The molecule has 0 unspecified atom stereocenters. The molecular formula is C13H22BN7. The van der Waals surface area contributed by atoms with Crippen LogP contribution in [0, 0.1) is 6.92 Å². The van der Waals surface area contributed by atoms with Gasteiger partial charge >= 0.3 is 0 Å². The van der Waals surface area contributed by atoms with Crippen molar-refractivity contribution in [1.82, 2.24) is 14.6 Å². The van der Waals surface area contributed by atoms with Crippen molar-refractivity contribution in [2.45, 2.75) is 19.8 Å². The van der Waals surface area contributed by atoms with E-state index in [2.05, 4.69) is 15.0 Å². The predicted molar refractivity (Wildman–Crippen MR) is 87.1 cm³/mol. The first-order valence-corrected chi connectivity index (χ1v) is 7.14. The second kappa shape index (κ2) is 6.77. The molecule has 7 nitrogen and oxygen atoms in total. The Labute approximate surface area is 125 Å². The first-order valence-electron chi connectivity index (χ1n) is 7.14. The fraction of sp³-hybridized carbons (Fsp3) is 0.538. The van der Waals surface area contributed by atoms with Gasteiger partial charge < -0.3 is 22.1 Å². The lowest BCUT2D eigenvalue weighted by Crippen LogP contribution is -2.22. The number of hydrogen-bond donors (Lipinski definition) is 3. The monoisotopic (exact) mass is 287 g/mol. The summed E-state index contributed by atoms with van der Waals surface area (Å²) in [5.74, 6) is 1.56. The van der Waals surface area contributed by atoms with Crippen LogP contribution < -0.4 is 27.6 Å². The van der Waals surface area contributed by atoms with Crippen molar-refractivity contribution in [1.29, 1.82) is 0 Å². The zero-order valence-electron chi connectivity index (χ0n) is 12.4. The minimum Gasteiger partial charge on any atom is -0.383 e. The van der Waals surface area contributed by atoms with Gasteiger partial charge in [0.15, 0.2) is 5.65 Å². The highest BCUT2D eigenvalue weighted by Gasteiger charge is 2.19. The van der Waals surface area contributed by atoms with Gasteiger partial charge in [0.1, 0.15) is 19.5 Å². The van der Waals surface area contributed by atoms with Crippen molar-refractivity contribution in [3.05, 3.63) is 11.8 Å². The third-order valence-corrected chi connectivity index (χ3v) is 3.50. The molecule has 1 fully saturated rings. The van der Waals surface area contributed by atoms with Crippen LogP contribution in [0.5, 0.6) is 0 Å². The van der Waals surface area contributed by atoms with E-state index in [4.69, 9.17) is 25.0 Å². The normalized spacial score (nSPS) is 14.3. The number of fused-ring (bicyclic) bond motifs is 1. The van der Waals surface area contributed by atoms with Crippen molar-refractivity contribution >= 4 is 30.6 Å². The van der Waals surface area contributed by atoms with Crippen LogP contribution in [-0.4, -0.2) is 48.6 Å². The van der Waals surface area contributed by atoms with Crippen molar-refractivity contribution in [2.75, 3.05) is 36.8 Å². The molecular weight excluding hydrogens is 265 g/mol. The van der Waals surface area contributed by atoms with E-state index in [1.165, 1.54) is 12.8 Å². The van der Waals surface area contributed by atoms with Crippen LogP contribution in [0.15, 0.2) is 6.20 Å². The van der Waals surface area contributed by atoms with Gasteiger partial charge in [-0.2, -0.15) is 9.61 Å². The summed E-state index contributed by atoms with van der Waals surface area (Å²) in [7, 11) is 5.84. The summed E-state index contributed by atoms with van der Waals surface area (Å²) in [5, 5.41) is 4.13. The minimum atomic E-state index is 0.567. The third kappa shape index (κ3) is 3.11.